The van der Waals surface area contributed by atoms with Crippen molar-refractivity contribution in [2.75, 3.05) is 20.1 Å². The summed E-state index contributed by atoms with van der Waals surface area (Å²) >= 11 is 6.41. The first-order valence-corrected chi connectivity index (χ1v) is 10.3. The fraction of sp³-hybridized carbons (Fsp3) is 0.261. The standard InChI is InChI=1S/C19H20ClN3.C4H4O4/c1-22-12-10-14(11-13-22)19-15-6-2-4-8-17(15)23(21-19)18-9-5-3-7-16(18)20;5-3(6)1-2-4(7)8/h2-9,14H,10-13H2,1H3;1-2H,(H,5,6)(H,7,8). The van der Waals surface area contributed by atoms with Gasteiger partial charge in [0.2, 0.25) is 0 Å². The maximum atomic E-state index is 9.55. The Kier molecular flexibility index (Phi) is 7.44. The van der Waals surface area contributed by atoms with E-state index in [1.807, 2.05) is 28.9 Å². The Bertz CT molecular complexity index is 1090. The van der Waals surface area contributed by atoms with Gasteiger partial charge in [0.05, 0.1) is 21.9 Å². The molecule has 162 valence electrons. The van der Waals surface area contributed by atoms with Crippen LogP contribution in [0.15, 0.2) is 60.7 Å². The number of hydrogen-bond donors (Lipinski definition) is 2. The number of aromatic nitrogens is 2. The van der Waals surface area contributed by atoms with Crippen LogP contribution in [0.5, 0.6) is 0 Å². The molecular formula is C23H24ClN3O4. The number of halogens is 1. The lowest BCUT2D eigenvalue weighted by Crippen LogP contribution is -2.29. The van der Waals surface area contributed by atoms with Crippen LogP contribution < -0.4 is 0 Å². The van der Waals surface area contributed by atoms with Crippen LogP contribution in [0.1, 0.15) is 24.5 Å². The molecule has 7 nitrogen and oxygen atoms in total. The molecule has 0 amide bonds. The van der Waals surface area contributed by atoms with Gasteiger partial charge >= 0.3 is 11.9 Å². The summed E-state index contributed by atoms with van der Waals surface area (Å²) in [7, 11) is 2.19. The molecule has 4 rings (SSSR count). The quantitative estimate of drug-likeness (QED) is 0.589. The van der Waals surface area contributed by atoms with Gasteiger partial charge in [-0.05, 0) is 51.2 Å². The highest BCUT2D eigenvalue weighted by molar-refractivity contribution is 6.32. The molecule has 31 heavy (non-hydrogen) atoms. The first-order chi connectivity index (χ1) is 14.9. The summed E-state index contributed by atoms with van der Waals surface area (Å²) in [6.07, 6.45) is 3.45. The Labute approximate surface area is 185 Å². The van der Waals surface area contributed by atoms with Crippen LogP contribution in [0.4, 0.5) is 0 Å². The molecule has 0 unspecified atom stereocenters. The predicted octanol–water partition coefficient (Wildman–Crippen LogP) is 4.20. The Balaban J connectivity index is 0.000000293. The third-order valence-electron chi connectivity index (χ3n) is 5.17. The van der Waals surface area contributed by atoms with E-state index in [1.165, 1.54) is 23.9 Å². The molecule has 8 heteroatoms. The molecule has 0 saturated carbocycles. The van der Waals surface area contributed by atoms with Crippen LogP contribution in [0.2, 0.25) is 5.02 Å². The third kappa shape index (κ3) is 5.71. The van der Waals surface area contributed by atoms with Gasteiger partial charge < -0.3 is 15.1 Å². The molecule has 1 aromatic heterocycles. The average molecular weight is 442 g/mol. The van der Waals surface area contributed by atoms with Crippen molar-refractivity contribution in [1.29, 1.82) is 0 Å². The maximum absolute atomic E-state index is 9.55. The fourth-order valence-corrected chi connectivity index (χ4v) is 3.84. The SMILES string of the molecule is CN1CCC(c2nn(-c3ccccc3Cl)c3ccccc23)CC1.O=C(O)C=CC(=O)O. The zero-order valence-corrected chi connectivity index (χ0v) is 17.9. The highest BCUT2D eigenvalue weighted by Crippen LogP contribution is 2.34. The second-order valence-corrected chi connectivity index (χ2v) is 7.76. The van der Waals surface area contributed by atoms with Gasteiger partial charge in [-0.2, -0.15) is 5.10 Å². The topological polar surface area (TPSA) is 95.7 Å². The van der Waals surface area contributed by atoms with E-state index in [-0.39, 0.29) is 0 Å². The summed E-state index contributed by atoms with van der Waals surface area (Å²) in [4.78, 5) is 21.5. The normalized spacial score (nSPS) is 15.0. The number of aliphatic carboxylic acids is 2. The number of rotatable bonds is 4. The molecule has 1 aliphatic rings. The number of likely N-dealkylation sites (tertiary alicyclic amines) is 1. The van der Waals surface area contributed by atoms with Crippen molar-refractivity contribution in [2.45, 2.75) is 18.8 Å². The first-order valence-electron chi connectivity index (χ1n) is 9.92. The molecule has 0 aliphatic carbocycles. The molecule has 1 aliphatic heterocycles. The van der Waals surface area contributed by atoms with Gasteiger partial charge in [-0.15, -0.1) is 0 Å². The smallest absolute Gasteiger partial charge is 0.328 e. The lowest BCUT2D eigenvalue weighted by atomic mass is 9.92. The first kappa shape index (κ1) is 22.5. The molecule has 0 spiro atoms. The van der Waals surface area contributed by atoms with Crippen LogP contribution >= 0.6 is 11.6 Å². The van der Waals surface area contributed by atoms with E-state index in [9.17, 15) is 9.59 Å². The summed E-state index contributed by atoms with van der Waals surface area (Å²) in [6, 6.07) is 16.4. The largest absolute Gasteiger partial charge is 0.478 e. The van der Waals surface area contributed by atoms with Crippen LogP contribution in [-0.4, -0.2) is 57.0 Å². The van der Waals surface area contributed by atoms with Crippen molar-refractivity contribution in [3.05, 3.63) is 71.4 Å². The van der Waals surface area contributed by atoms with E-state index in [0.29, 0.717) is 18.1 Å². The van der Waals surface area contributed by atoms with Gasteiger partial charge in [-0.1, -0.05) is 41.9 Å². The van der Waals surface area contributed by atoms with E-state index < -0.39 is 11.9 Å². The molecule has 1 saturated heterocycles. The van der Waals surface area contributed by atoms with Crippen molar-refractivity contribution >= 4 is 34.4 Å². The van der Waals surface area contributed by atoms with Gasteiger partial charge in [-0.3, -0.25) is 0 Å². The Morgan fingerprint density at radius 1 is 1.00 bits per heavy atom. The van der Waals surface area contributed by atoms with Crippen molar-refractivity contribution in [3.63, 3.8) is 0 Å². The number of carboxylic acids is 2. The Morgan fingerprint density at radius 2 is 1.58 bits per heavy atom. The summed E-state index contributed by atoms with van der Waals surface area (Å²) < 4.78 is 2.01. The molecule has 2 aromatic carbocycles. The van der Waals surface area contributed by atoms with E-state index >= 15 is 0 Å². The van der Waals surface area contributed by atoms with E-state index in [1.54, 1.807) is 0 Å². The van der Waals surface area contributed by atoms with E-state index in [2.05, 4.69) is 36.2 Å². The number of fused-ring (bicyclic) bond motifs is 1. The van der Waals surface area contributed by atoms with Gasteiger partial charge in [0.25, 0.3) is 0 Å². The van der Waals surface area contributed by atoms with Crippen LogP contribution in [0.3, 0.4) is 0 Å². The van der Waals surface area contributed by atoms with Crippen molar-refractivity contribution in [1.82, 2.24) is 14.7 Å². The van der Waals surface area contributed by atoms with Gasteiger partial charge in [0.1, 0.15) is 0 Å². The Hall–Kier alpha value is -3.16. The van der Waals surface area contributed by atoms with E-state index in [0.717, 1.165) is 29.3 Å². The van der Waals surface area contributed by atoms with Crippen LogP contribution in [0, 0.1) is 0 Å². The number of para-hydroxylation sites is 2. The minimum Gasteiger partial charge on any atom is -0.478 e. The zero-order chi connectivity index (χ0) is 22.4. The molecule has 0 radical (unpaired) electrons. The second kappa shape index (κ2) is 10.2. The number of hydrogen-bond acceptors (Lipinski definition) is 4. The lowest BCUT2D eigenvalue weighted by Gasteiger charge is -2.28. The number of carbonyl (C=O) groups is 2. The van der Waals surface area contributed by atoms with Gasteiger partial charge in [-0.25, -0.2) is 14.3 Å². The van der Waals surface area contributed by atoms with Crippen molar-refractivity contribution in [3.8, 4) is 5.69 Å². The molecule has 2 heterocycles. The highest BCUT2D eigenvalue weighted by Gasteiger charge is 2.24. The number of nitrogens with zero attached hydrogens (tertiary/aromatic N) is 3. The van der Waals surface area contributed by atoms with E-state index in [4.69, 9.17) is 26.9 Å². The maximum Gasteiger partial charge on any atom is 0.328 e. The zero-order valence-electron chi connectivity index (χ0n) is 17.1. The molecule has 0 bridgehead atoms. The average Bonchev–Trinajstić information content (AvgIpc) is 3.13. The molecule has 2 N–H and O–H groups in total. The third-order valence-corrected chi connectivity index (χ3v) is 5.49. The fourth-order valence-electron chi connectivity index (χ4n) is 3.62. The number of benzene rings is 2. The minimum atomic E-state index is -1.26. The highest BCUT2D eigenvalue weighted by atomic mass is 35.5. The molecule has 3 aromatic rings. The predicted molar refractivity (Wildman–Crippen MR) is 120 cm³/mol. The Morgan fingerprint density at radius 3 is 2.19 bits per heavy atom. The van der Waals surface area contributed by atoms with Gasteiger partial charge in [0.15, 0.2) is 0 Å². The summed E-state index contributed by atoms with van der Waals surface area (Å²) in [5.41, 5.74) is 3.30. The monoisotopic (exact) mass is 441 g/mol. The second-order valence-electron chi connectivity index (χ2n) is 7.35. The number of piperidine rings is 1. The van der Waals surface area contributed by atoms with Gasteiger partial charge in [0, 0.05) is 23.5 Å². The minimum absolute atomic E-state index is 0.528. The van der Waals surface area contributed by atoms with Crippen LogP contribution in [0.25, 0.3) is 16.6 Å². The number of carboxylic acid groups (broad SMARTS) is 2. The summed E-state index contributed by atoms with van der Waals surface area (Å²) in [5.74, 6) is -1.99. The molecular weight excluding hydrogens is 418 g/mol. The van der Waals surface area contributed by atoms with Crippen molar-refractivity contribution in [2.24, 2.45) is 0 Å². The molecule has 0 atom stereocenters. The lowest BCUT2D eigenvalue weighted by molar-refractivity contribution is -0.134. The van der Waals surface area contributed by atoms with Crippen LogP contribution in [-0.2, 0) is 9.59 Å². The van der Waals surface area contributed by atoms with Crippen molar-refractivity contribution < 1.29 is 19.8 Å². The summed E-state index contributed by atoms with van der Waals surface area (Å²) in [5, 5.41) is 22.6. The summed E-state index contributed by atoms with van der Waals surface area (Å²) in [6.45, 7) is 2.27. The molecule has 1 fully saturated rings.